The first-order chi connectivity index (χ1) is 11.3. The first kappa shape index (κ1) is 14.1. The third-order valence-electron chi connectivity index (χ3n) is 4.06. The van der Waals surface area contributed by atoms with Crippen LogP contribution in [0, 0.1) is 6.92 Å². The third-order valence-corrected chi connectivity index (χ3v) is 4.06. The van der Waals surface area contributed by atoms with Crippen molar-refractivity contribution in [2.24, 2.45) is 0 Å². The van der Waals surface area contributed by atoms with E-state index in [1.54, 1.807) is 12.4 Å². The molecule has 0 spiro atoms. The molecule has 1 saturated heterocycles. The van der Waals surface area contributed by atoms with Gasteiger partial charge in [-0.25, -0.2) is 9.99 Å². The normalized spacial score (nSPS) is 15.9. The first-order valence-electron chi connectivity index (χ1n) is 7.79. The van der Waals surface area contributed by atoms with Gasteiger partial charge in [-0.05, 0) is 19.1 Å². The highest BCUT2D eigenvalue weighted by Gasteiger charge is 2.11. The minimum atomic E-state index is 0.772. The molecule has 7 heteroatoms. The van der Waals surface area contributed by atoms with Crippen LogP contribution >= 0.6 is 0 Å². The fourth-order valence-corrected chi connectivity index (χ4v) is 2.80. The van der Waals surface area contributed by atoms with Crippen LogP contribution < -0.4 is 10.7 Å². The molecule has 4 rings (SSSR count). The smallest absolute Gasteiger partial charge is 0.159 e. The summed E-state index contributed by atoms with van der Waals surface area (Å²) < 4.78 is 0. The molecule has 0 saturated carbocycles. The molecule has 1 fully saturated rings. The van der Waals surface area contributed by atoms with Crippen molar-refractivity contribution in [3.05, 3.63) is 36.3 Å². The summed E-state index contributed by atoms with van der Waals surface area (Å²) in [6.45, 7) is 5.89. The molecule has 1 aliphatic rings. The van der Waals surface area contributed by atoms with Crippen molar-refractivity contribution in [3.63, 3.8) is 0 Å². The SMILES string of the molecule is Cc1[nH]nc2ccc(-c3cncc(NN4CCNCC4)n3)cc12. The van der Waals surface area contributed by atoms with E-state index < -0.39 is 0 Å². The summed E-state index contributed by atoms with van der Waals surface area (Å²) in [5.74, 6) is 0.772. The zero-order valence-electron chi connectivity index (χ0n) is 13.0. The second kappa shape index (κ2) is 5.94. The number of aromatic nitrogens is 4. The minimum absolute atomic E-state index is 0.772. The van der Waals surface area contributed by atoms with Gasteiger partial charge in [-0.3, -0.25) is 10.1 Å². The van der Waals surface area contributed by atoms with Gasteiger partial charge in [0, 0.05) is 42.8 Å². The fourth-order valence-electron chi connectivity index (χ4n) is 2.80. The molecule has 3 N–H and O–H groups in total. The Bertz CT molecular complexity index is 820. The number of rotatable bonds is 3. The molecule has 23 heavy (non-hydrogen) atoms. The number of anilines is 1. The maximum absolute atomic E-state index is 4.69. The van der Waals surface area contributed by atoms with Gasteiger partial charge >= 0.3 is 0 Å². The van der Waals surface area contributed by atoms with Crippen molar-refractivity contribution in [3.8, 4) is 11.3 Å². The van der Waals surface area contributed by atoms with E-state index in [1.807, 2.05) is 19.1 Å². The van der Waals surface area contributed by atoms with E-state index in [1.165, 1.54) is 0 Å². The number of hydrogen-bond acceptors (Lipinski definition) is 6. The molecule has 1 aliphatic heterocycles. The van der Waals surface area contributed by atoms with Gasteiger partial charge in [-0.1, -0.05) is 6.07 Å². The van der Waals surface area contributed by atoms with Gasteiger partial charge in [0.2, 0.25) is 0 Å². The van der Waals surface area contributed by atoms with E-state index in [-0.39, 0.29) is 0 Å². The molecular formula is C16H19N7. The van der Waals surface area contributed by atoms with E-state index in [2.05, 4.69) is 37.0 Å². The second-order valence-electron chi connectivity index (χ2n) is 5.72. The monoisotopic (exact) mass is 309 g/mol. The van der Waals surface area contributed by atoms with E-state index in [0.29, 0.717) is 0 Å². The summed E-state index contributed by atoms with van der Waals surface area (Å²) in [7, 11) is 0. The number of nitrogens with zero attached hydrogens (tertiary/aromatic N) is 4. The lowest BCUT2D eigenvalue weighted by Crippen LogP contribution is -2.46. The van der Waals surface area contributed by atoms with Crippen molar-refractivity contribution in [1.82, 2.24) is 30.5 Å². The van der Waals surface area contributed by atoms with Crippen molar-refractivity contribution in [2.45, 2.75) is 6.92 Å². The van der Waals surface area contributed by atoms with E-state index in [9.17, 15) is 0 Å². The topological polar surface area (TPSA) is 81.8 Å². The first-order valence-corrected chi connectivity index (χ1v) is 7.79. The standard InChI is InChI=1S/C16H19N7/c1-11-13-8-12(2-3-14(13)21-20-11)15-9-18-10-16(19-15)22-23-6-4-17-5-7-23/h2-3,8-10,17H,4-7H2,1H3,(H,19,22)(H,20,21). The molecule has 118 valence electrons. The summed E-state index contributed by atoms with van der Waals surface area (Å²) >= 11 is 0. The molecule has 0 unspecified atom stereocenters. The van der Waals surface area contributed by atoms with Gasteiger partial charge in [0.1, 0.15) is 0 Å². The predicted octanol–water partition coefficient (Wildman–Crippen LogP) is 1.56. The van der Waals surface area contributed by atoms with Crippen LogP contribution in [0.5, 0.6) is 0 Å². The van der Waals surface area contributed by atoms with E-state index in [4.69, 9.17) is 4.98 Å². The van der Waals surface area contributed by atoms with Crippen LogP contribution in [0.3, 0.4) is 0 Å². The van der Waals surface area contributed by atoms with E-state index >= 15 is 0 Å². The highest BCUT2D eigenvalue weighted by atomic mass is 15.5. The summed E-state index contributed by atoms with van der Waals surface area (Å²) in [5.41, 5.74) is 7.26. The number of fused-ring (bicyclic) bond motifs is 1. The number of nitrogens with one attached hydrogen (secondary N) is 3. The van der Waals surface area contributed by atoms with Gasteiger partial charge in [0.25, 0.3) is 0 Å². The van der Waals surface area contributed by atoms with E-state index in [0.717, 1.165) is 59.9 Å². The van der Waals surface area contributed by atoms with Crippen molar-refractivity contribution in [1.29, 1.82) is 0 Å². The van der Waals surface area contributed by atoms with Crippen LogP contribution in [0.1, 0.15) is 5.69 Å². The van der Waals surface area contributed by atoms with Gasteiger partial charge < -0.3 is 10.7 Å². The van der Waals surface area contributed by atoms with Crippen LogP contribution in [0.15, 0.2) is 30.6 Å². The largest absolute Gasteiger partial charge is 0.314 e. The van der Waals surface area contributed by atoms with Gasteiger partial charge in [0.05, 0.1) is 23.6 Å². The number of hydrogen-bond donors (Lipinski definition) is 3. The van der Waals surface area contributed by atoms with Crippen LogP contribution in [-0.4, -0.2) is 51.4 Å². The molecule has 0 radical (unpaired) electrons. The maximum atomic E-state index is 4.69. The van der Waals surface area contributed by atoms with Crippen molar-refractivity contribution in [2.75, 3.05) is 31.6 Å². The molecular weight excluding hydrogens is 290 g/mol. The Kier molecular flexibility index (Phi) is 3.64. The van der Waals surface area contributed by atoms with Gasteiger partial charge in [-0.15, -0.1) is 0 Å². The number of H-pyrrole nitrogens is 1. The maximum Gasteiger partial charge on any atom is 0.159 e. The Morgan fingerprint density at radius 1 is 1.17 bits per heavy atom. The highest BCUT2D eigenvalue weighted by Crippen LogP contribution is 2.24. The molecule has 0 amide bonds. The Hall–Kier alpha value is -2.51. The molecule has 2 aromatic heterocycles. The number of hydrazine groups is 1. The molecule has 3 heterocycles. The zero-order valence-corrected chi connectivity index (χ0v) is 13.0. The van der Waals surface area contributed by atoms with Crippen LogP contribution in [0.2, 0.25) is 0 Å². The number of benzene rings is 1. The van der Waals surface area contributed by atoms with Gasteiger partial charge in [-0.2, -0.15) is 5.10 Å². The van der Waals surface area contributed by atoms with Crippen LogP contribution in [-0.2, 0) is 0 Å². The summed E-state index contributed by atoms with van der Waals surface area (Å²) in [6, 6.07) is 6.14. The summed E-state index contributed by atoms with van der Waals surface area (Å²) in [4.78, 5) is 9.02. The highest BCUT2D eigenvalue weighted by molar-refractivity contribution is 5.85. The van der Waals surface area contributed by atoms with Gasteiger partial charge in [0.15, 0.2) is 5.82 Å². The summed E-state index contributed by atoms with van der Waals surface area (Å²) in [5, 5.41) is 13.9. The van der Waals surface area contributed by atoms with Crippen LogP contribution in [0.25, 0.3) is 22.2 Å². The molecule has 1 aromatic carbocycles. The fraction of sp³-hybridized carbons (Fsp3) is 0.312. The van der Waals surface area contributed by atoms with Crippen LogP contribution in [0.4, 0.5) is 5.82 Å². The molecule has 3 aromatic rings. The zero-order chi connectivity index (χ0) is 15.6. The molecule has 0 aliphatic carbocycles. The molecule has 0 bridgehead atoms. The lowest BCUT2D eigenvalue weighted by Gasteiger charge is -2.27. The average molecular weight is 309 g/mol. The average Bonchev–Trinajstić information content (AvgIpc) is 2.97. The van der Waals surface area contributed by atoms with Crippen molar-refractivity contribution < 1.29 is 0 Å². The second-order valence-corrected chi connectivity index (χ2v) is 5.72. The molecule has 7 nitrogen and oxygen atoms in total. The Morgan fingerprint density at radius 2 is 2.04 bits per heavy atom. The Balaban J connectivity index is 1.62. The Morgan fingerprint density at radius 3 is 2.91 bits per heavy atom. The number of aromatic amines is 1. The quantitative estimate of drug-likeness (QED) is 0.681. The minimum Gasteiger partial charge on any atom is -0.314 e. The number of aryl methyl sites for hydroxylation is 1. The Labute approximate surface area is 134 Å². The lowest BCUT2D eigenvalue weighted by molar-refractivity contribution is 0.286. The predicted molar refractivity (Wildman–Crippen MR) is 89.9 cm³/mol. The summed E-state index contributed by atoms with van der Waals surface area (Å²) in [6.07, 6.45) is 3.55. The molecule has 0 atom stereocenters. The lowest BCUT2D eigenvalue weighted by atomic mass is 10.1. The number of piperazine rings is 1. The van der Waals surface area contributed by atoms with Crippen molar-refractivity contribution >= 4 is 16.7 Å². The third kappa shape index (κ3) is 2.88.